The maximum absolute atomic E-state index is 13.8. The molecule has 0 N–H and O–H groups in total. The van der Waals surface area contributed by atoms with Gasteiger partial charge in [0.2, 0.25) is 5.91 Å². The fraction of sp³-hybridized carbons (Fsp3) is 0.267. The molecule has 0 fully saturated rings. The normalized spacial score (nSPS) is 16.1. The molecule has 35 heavy (non-hydrogen) atoms. The first-order valence-corrected chi connectivity index (χ1v) is 13.1. The maximum atomic E-state index is 13.8. The van der Waals surface area contributed by atoms with Gasteiger partial charge in [-0.2, -0.15) is 0 Å². The first kappa shape index (κ1) is 23.3. The van der Waals surface area contributed by atoms with E-state index in [4.69, 9.17) is 0 Å². The van der Waals surface area contributed by atoms with Crippen LogP contribution < -0.4 is 0 Å². The van der Waals surface area contributed by atoms with Gasteiger partial charge in [-0.05, 0) is 65.2 Å². The summed E-state index contributed by atoms with van der Waals surface area (Å²) in [6.45, 7) is 4.81. The second kappa shape index (κ2) is 10.0. The molecule has 0 bridgehead atoms. The van der Waals surface area contributed by atoms with Crippen molar-refractivity contribution < 1.29 is 9.59 Å². The standard InChI is InChI=1S/C30H30N2O2S/c1-3-21(2)32(30(34)25-14-13-22-9-7-8-12-24(22)19-25)20-28(33)31-17-15-27-26(16-18-35-27)29(31)23-10-5-4-6-11-23/h4-14,16,18-19,21,29H,3,15,17,20H2,1-2H3/t21-,29-/m1/s1. The Labute approximate surface area is 210 Å². The van der Waals surface area contributed by atoms with Crippen LogP contribution in [0, 0.1) is 0 Å². The van der Waals surface area contributed by atoms with E-state index in [-0.39, 0.29) is 30.4 Å². The third-order valence-electron chi connectivity index (χ3n) is 7.09. The van der Waals surface area contributed by atoms with E-state index < -0.39 is 0 Å². The molecule has 4 aromatic rings. The second-order valence-electron chi connectivity index (χ2n) is 9.20. The number of hydrogen-bond acceptors (Lipinski definition) is 3. The SMILES string of the molecule is CC[C@@H](C)N(CC(=O)N1CCc2sccc2[C@H]1c1ccccc1)C(=O)c1ccc2ccccc2c1. The summed E-state index contributed by atoms with van der Waals surface area (Å²) < 4.78 is 0. The Hall–Kier alpha value is -3.44. The maximum Gasteiger partial charge on any atom is 0.254 e. The second-order valence-corrected chi connectivity index (χ2v) is 10.2. The van der Waals surface area contributed by atoms with Crippen LogP contribution in [-0.4, -0.2) is 40.7 Å². The van der Waals surface area contributed by atoms with Gasteiger partial charge < -0.3 is 9.80 Å². The van der Waals surface area contributed by atoms with E-state index in [9.17, 15) is 9.59 Å². The van der Waals surface area contributed by atoms with Gasteiger partial charge in [0.1, 0.15) is 6.54 Å². The summed E-state index contributed by atoms with van der Waals surface area (Å²) in [6.07, 6.45) is 1.63. The number of amides is 2. The van der Waals surface area contributed by atoms with Crippen LogP contribution in [0.3, 0.4) is 0 Å². The van der Waals surface area contributed by atoms with Crippen molar-refractivity contribution in [3.63, 3.8) is 0 Å². The van der Waals surface area contributed by atoms with E-state index in [0.29, 0.717) is 12.1 Å². The van der Waals surface area contributed by atoms with Gasteiger partial charge in [-0.25, -0.2) is 0 Å². The smallest absolute Gasteiger partial charge is 0.254 e. The lowest BCUT2D eigenvalue weighted by Crippen LogP contribution is -2.49. The van der Waals surface area contributed by atoms with Crippen molar-refractivity contribution in [2.45, 2.75) is 38.8 Å². The molecular formula is C30H30N2O2S. The molecule has 0 saturated carbocycles. The highest BCUT2D eigenvalue weighted by molar-refractivity contribution is 7.10. The van der Waals surface area contributed by atoms with Gasteiger partial charge in [0.25, 0.3) is 5.91 Å². The summed E-state index contributed by atoms with van der Waals surface area (Å²) in [6, 6.07) is 26.0. The van der Waals surface area contributed by atoms with Crippen molar-refractivity contribution in [1.82, 2.24) is 9.80 Å². The number of thiophene rings is 1. The molecule has 2 atom stereocenters. The molecule has 2 amide bonds. The molecule has 1 aromatic heterocycles. The summed E-state index contributed by atoms with van der Waals surface area (Å²) >= 11 is 1.76. The average Bonchev–Trinajstić information content (AvgIpc) is 3.39. The lowest BCUT2D eigenvalue weighted by atomic mass is 9.93. The Balaban J connectivity index is 1.44. The van der Waals surface area contributed by atoms with Crippen molar-refractivity contribution in [3.8, 4) is 0 Å². The van der Waals surface area contributed by atoms with Crippen LogP contribution >= 0.6 is 11.3 Å². The van der Waals surface area contributed by atoms with Gasteiger partial charge in [0.15, 0.2) is 0 Å². The highest BCUT2D eigenvalue weighted by Crippen LogP contribution is 2.38. The van der Waals surface area contributed by atoms with Crippen molar-refractivity contribution >= 4 is 33.9 Å². The van der Waals surface area contributed by atoms with Gasteiger partial charge in [0.05, 0.1) is 6.04 Å². The predicted octanol–water partition coefficient (Wildman–Crippen LogP) is 6.32. The summed E-state index contributed by atoms with van der Waals surface area (Å²) in [4.78, 5) is 32.6. The van der Waals surface area contributed by atoms with Gasteiger partial charge in [-0.15, -0.1) is 11.3 Å². The molecule has 1 aliphatic rings. The number of rotatable bonds is 6. The van der Waals surface area contributed by atoms with Gasteiger partial charge >= 0.3 is 0 Å². The number of carbonyl (C=O) groups is 2. The fourth-order valence-electron chi connectivity index (χ4n) is 4.95. The Morgan fingerprint density at radius 1 is 1.00 bits per heavy atom. The van der Waals surface area contributed by atoms with E-state index in [1.54, 1.807) is 16.2 Å². The molecule has 178 valence electrons. The Morgan fingerprint density at radius 3 is 2.51 bits per heavy atom. The average molecular weight is 483 g/mol. The Bertz CT molecular complexity index is 1350. The lowest BCUT2D eigenvalue weighted by molar-refractivity contribution is -0.134. The molecule has 0 unspecified atom stereocenters. The minimum atomic E-state index is -0.117. The van der Waals surface area contributed by atoms with Crippen molar-refractivity contribution in [1.29, 1.82) is 0 Å². The van der Waals surface area contributed by atoms with Gasteiger partial charge in [0, 0.05) is 23.0 Å². The molecule has 0 spiro atoms. The number of hydrogen-bond donors (Lipinski definition) is 0. The van der Waals surface area contributed by atoms with E-state index >= 15 is 0 Å². The topological polar surface area (TPSA) is 40.6 Å². The first-order chi connectivity index (χ1) is 17.1. The fourth-order valence-corrected chi connectivity index (χ4v) is 5.86. The van der Waals surface area contributed by atoms with E-state index in [0.717, 1.165) is 29.2 Å². The molecule has 4 nitrogen and oxygen atoms in total. The molecule has 5 heteroatoms. The van der Waals surface area contributed by atoms with Gasteiger partial charge in [-0.3, -0.25) is 9.59 Å². The molecule has 0 aliphatic carbocycles. The van der Waals surface area contributed by atoms with Crippen LogP contribution in [-0.2, 0) is 11.2 Å². The van der Waals surface area contributed by atoms with Crippen LogP contribution in [0.25, 0.3) is 10.8 Å². The van der Waals surface area contributed by atoms with Crippen molar-refractivity contribution in [2.75, 3.05) is 13.1 Å². The molecule has 5 rings (SSSR count). The summed E-state index contributed by atoms with van der Waals surface area (Å²) in [5.74, 6) is -0.104. The summed E-state index contributed by atoms with van der Waals surface area (Å²) in [5.41, 5.74) is 2.93. The summed E-state index contributed by atoms with van der Waals surface area (Å²) in [7, 11) is 0. The third kappa shape index (κ3) is 4.61. The van der Waals surface area contributed by atoms with Crippen LogP contribution in [0.2, 0.25) is 0 Å². The van der Waals surface area contributed by atoms with E-state index in [1.165, 1.54) is 10.4 Å². The molecule has 3 aromatic carbocycles. The zero-order chi connectivity index (χ0) is 24.4. The van der Waals surface area contributed by atoms with Crippen LogP contribution in [0.4, 0.5) is 0 Å². The Kier molecular flexibility index (Phi) is 6.69. The van der Waals surface area contributed by atoms with Crippen LogP contribution in [0.5, 0.6) is 0 Å². The first-order valence-electron chi connectivity index (χ1n) is 12.3. The number of carbonyl (C=O) groups excluding carboxylic acids is 2. The van der Waals surface area contributed by atoms with E-state index in [1.807, 2.05) is 72.5 Å². The monoisotopic (exact) mass is 482 g/mol. The number of nitrogens with zero attached hydrogens (tertiary/aromatic N) is 2. The van der Waals surface area contributed by atoms with Crippen molar-refractivity contribution in [3.05, 3.63) is 106 Å². The minimum absolute atomic E-state index is 0.00913. The zero-order valence-electron chi connectivity index (χ0n) is 20.2. The van der Waals surface area contributed by atoms with Crippen LogP contribution in [0.1, 0.15) is 52.7 Å². The lowest BCUT2D eigenvalue weighted by Gasteiger charge is -2.38. The number of benzene rings is 3. The molecule has 0 saturated heterocycles. The molecule has 1 aliphatic heterocycles. The highest BCUT2D eigenvalue weighted by atomic mass is 32.1. The quantitative estimate of drug-likeness (QED) is 0.323. The number of fused-ring (bicyclic) bond motifs is 2. The molecular weight excluding hydrogens is 452 g/mol. The van der Waals surface area contributed by atoms with Crippen molar-refractivity contribution in [2.24, 2.45) is 0 Å². The third-order valence-corrected chi connectivity index (χ3v) is 8.08. The zero-order valence-corrected chi connectivity index (χ0v) is 21.0. The highest BCUT2D eigenvalue weighted by Gasteiger charge is 2.34. The Morgan fingerprint density at radius 2 is 1.74 bits per heavy atom. The molecule has 0 radical (unpaired) electrons. The minimum Gasteiger partial charge on any atom is -0.330 e. The summed E-state index contributed by atoms with van der Waals surface area (Å²) in [5, 5.41) is 4.24. The van der Waals surface area contributed by atoms with Gasteiger partial charge in [-0.1, -0.05) is 67.6 Å². The largest absolute Gasteiger partial charge is 0.330 e. The predicted molar refractivity (Wildman–Crippen MR) is 143 cm³/mol. The molecule has 2 heterocycles. The van der Waals surface area contributed by atoms with E-state index in [2.05, 4.69) is 30.5 Å². The van der Waals surface area contributed by atoms with Crippen LogP contribution in [0.15, 0.2) is 84.2 Å².